The van der Waals surface area contributed by atoms with Crippen LogP contribution in [0, 0.1) is 5.82 Å². The molecule has 0 amide bonds. The van der Waals surface area contributed by atoms with Crippen molar-refractivity contribution >= 4 is 38.6 Å². The van der Waals surface area contributed by atoms with E-state index >= 15 is 0 Å². The number of nitrogens with two attached hydrogens (primary N) is 1. The summed E-state index contributed by atoms with van der Waals surface area (Å²) in [5.41, 5.74) is 9.72. The number of halogens is 2. The van der Waals surface area contributed by atoms with Gasteiger partial charge in [0.15, 0.2) is 0 Å². The summed E-state index contributed by atoms with van der Waals surface area (Å²) >= 11 is 6.43. The maximum atomic E-state index is 13.4. The van der Waals surface area contributed by atoms with E-state index in [0.29, 0.717) is 57.9 Å². The first-order valence-electron chi connectivity index (χ1n) is 12.6. The Bertz CT molecular complexity index is 1670. The monoisotopic (exact) mass is 596 g/mol. The van der Waals surface area contributed by atoms with E-state index in [1.807, 2.05) is 30.3 Å². The Morgan fingerprint density at radius 3 is 2.71 bits per heavy atom. The number of nitrogens with one attached hydrogen (secondary N) is 2. The Kier molecular flexibility index (Phi) is 9.82. The topological polar surface area (TPSA) is 119 Å². The van der Waals surface area contributed by atoms with Gasteiger partial charge in [-0.3, -0.25) is 0 Å². The first kappa shape index (κ1) is 29.9. The third kappa shape index (κ3) is 8.68. The first-order chi connectivity index (χ1) is 19.6. The number of hydrogen-bond donors (Lipinski definition) is 3. The van der Waals surface area contributed by atoms with Gasteiger partial charge in [0.05, 0.1) is 23.0 Å². The second kappa shape index (κ2) is 13.5. The average Bonchev–Trinajstić information content (AvgIpc) is 3.39. The lowest BCUT2D eigenvalue weighted by molar-refractivity contribution is 0.306. The lowest BCUT2D eigenvalue weighted by Crippen LogP contribution is -2.21. The molecule has 0 aliphatic heterocycles. The number of aliphatic imine (C=N–C) groups is 1. The maximum Gasteiger partial charge on any atom is 0.148 e. The van der Waals surface area contributed by atoms with E-state index in [9.17, 15) is 12.8 Å². The summed E-state index contributed by atoms with van der Waals surface area (Å²) in [6, 6.07) is 20.4. The van der Waals surface area contributed by atoms with Crippen molar-refractivity contribution in [1.82, 2.24) is 5.32 Å². The Morgan fingerprint density at radius 1 is 1.15 bits per heavy atom. The van der Waals surface area contributed by atoms with Gasteiger partial charge in [-0.1, -0.05) is 30.3 Å². The summed E-state index contributed by atoms with van der Waals surface area (Å²) in [6.45, 7) is 4.62. The quantitative estimate of drug-likeness (QED) is 0.0977. The van der Waals surface area contributed by atoms with Gasteiger partial charge < -0.3 is 25.5 Å². The molecule has 0 aliphatic rings. The number of rotatable bonds is 13. The number of anilines is 1. The van der Waals surface area contributed by atoms with Gasteiger partial charge in [-0.2, -0.15) is 0 Å². The van der Waals surface area contributed by atoms with E-state index in [1.54, 1.807) is 36.5 Å². The molecule has 0 atom stereocenters. The van der Waals surface area contributed by atoms with Crippen molar-refractivity contribution in [3.63, 3.8) is 0 Å². The fourth-order valence-corrected chi connectivity index (χ4v) is 4.65. The Labute approximate surface area is 243 Å². The summed E-state index contributed by atoms with van der Waals surface area (Å²) < 4.78 is 47.8. The van der Waals surface area contributed by atoms with Crippen LogP contribution in [0.15, 0.2) is 95.0 Å². The predicted molar refractivity (Wildman–Crippen MR) is 162 cm³/mol. The van der Waals surface area contributed by atoms with Crippen molar-refractivity contribution in [1.29, 1.82) is 0 Å². The van der Waals surface area contributed by atoms with Crippen molar-refractivity contribution in [2.45, 2.75) is 13.2 Å². The zero-order valence-corrected chi connectivity index (χ0v) is 23.9. The van der Waals surface area contributed by atoms with Crippen LogP contribution in [0.5, 0.6) is 5.75 Å². The van der Waals surface area contributed by atoms with Gasteiger partial charge >= 0.3 is 0 Å². The van der Waals surface area contributed by atoms with Crippen molar-refractivity contribution in [2.75, 3.05) is 23.9 Å². The van der Waals surface area contributed by atoms with Crippen LogP contribution in [0.3, 0.4) is 0 Å². The van der Waals surface area contributed by atoms with Crippen LogP contribution in [0.2, 0.25) is 5.02 Å². The second-order valence-electron chi connectivity index (χ2n) is 9.21. The van der Waals surface area contributed by atoms with Gasteiger partial charge in [-0.05, 0) is 72.4 Å². The minimum absolute atomic E-state index is 0.0518. The van der Waals surface area contributed by atoms with E-state index in [2.05, 4.69) is 22.2 Å². The Hall–Kier alpha value is -4.12. The molecule has 3 aromatic carbocycles. The van der Waals surface area contributed by atoms with Crippen LogP contribution < -0.4 is 21.1 Å². The van der Waals surface area contributed by atoms with Gasteiger partial charge in [0.25, 0.3) is 0 Å². The Morgan fingerprint density at radius 2 is 1.98 bits per heavy atom. The molecule has 4 aromatic rings. The molecule has 4 N–H and O–H groups in total. The van der Waals surface area contributed by atoms with Crippen molar-refractivity contribution in [3.05, 3.63) is 113 Å². The standard InChI is InChI=1S/C30H30ClFN4O4S/c1-3-35-27-10-7-21(28-12-9-24(40-28)18-34-13-14-41(2,37)38)16-25(27)30(33)36-23-8-11-29(26(31)17-23)39-19-20-5-4-6-22(32)15-20/h3-12,15-17,34-35H,1,13-14,18-19H2,2H3,(H2,33,36). The summed E-state index contributed by atoms with van der Waals surface area (Å²) in [7, 11) is -3.03. The molecule has 0 radical (unpaired) electrons. The largest absolute Gasteiger partial charge is 0.487 e. The smallest absolute Gasteiger partial charge is 0.148 e. The molecule has 0 spiro atoms. The second-order valence-corrected chi connectivity index (χ2v) is 11.9. The summed E-state index contributed by atoms with van der Waals surface area (Å²) in [5.74, 6) is 1.67. The normalized spacial score (nSPS) is 11.8. The highest BCUT2D eigenvalue weighted by atomic mass is 35.5. The molecule has 0 aliphatic carbocycles. The molecule has 11 heteroatoms. The molecular formula is C30H30ClFN4O4S. The molecule has 0 saturated carbocycles. The van der Waals surface area contributed by atoms with Gasteiger partial charge in [-0.25, -0.2) is 17.8 Å². The van der Waals surface area contributed by atoms with E-state index in [4.69, 9.17) is 26.5 Å². The van der Waals surface area contributed by atoms with Gasteiger partial charge in [0.2, 0.25) is 0 Å². The van der Waals surface area contributed by atoms with E-state index < -0.39 is 9.84 Å². The molecule has 0 bridgehead atoms. The van der Waals surface area contributed by atoms with Crippen LogP contribution in [-0.2, 0) is 23.0 Å². The van der Waals surface area contributed by atoms with E-state index in [1.165, 1.54) is 18.4 Å². The molecule has 8 nitrogen and oxygen atoms in total. The third-order valence-corrected chi connectivity index (χ3v) is 7.14. The van der Waals surface area contributed by atoms with E-state index in [-0.39, 0.29) is 24.0 Å². The number of furan rings is 1. The summed E-state index contributed by atoms with van der Waals surface area (Å²) in [6.07, 6.45) is 2.74. The molecule has 0 saturated heterocycles. The predicted octanol–water partition coefficient (Wildman–Crippen LogP) is 6.04. The SMILES string of the molecule is C=CNc1ccc(-c2ccc(CNCCS(C)(=O)=O)o2)cc1C(N)=Nc1ccc(OCc2cccc(F)c2)c(Cl)c1. The highest BCUT2D eigenvalue weighted by Gasteiger charge is 2.13. The van der Waals surface area contributed by atoms with E-state index in [0.717, 1.165) is 5.56 Å². The molecule has 1 aromatic heterocycles. The van der Waals surface area contributed by atoms with Crippen LogP contribution in [0.4, 0.5) is 15.8 Å². The fourth-order valence-electron chi connectivity index (χ4n) is 3.91. The highest BCUT2D eigenvalue weighted by molar-refractivity contribution is 7.90. The molecular weight excluding hydrogens is 567 g/mol. The van der Waals surface area contributed by atoms with Crippen molar-refractivity contribution < 1.29 is 22.0 Å². The lowest BCUT2D eigenvalue weighted by Gasteiger charge is -2.12. The van der Waals surface area contributed by atoms with Gasteiger partial charge in [0, 0.05) is 29.6 Å². The zero-order valence-electron chi connectivity index (χ0n) is 22.4. The van der Waals surface area contributed by atoms with Crippen LogP contribution in [0.25, 0.3) is 11.3 Å². The maximum absolute atomic E-state index is 13.4. The van der Waals surface area contributed by atoms with Gasteiger partial charge in [-0.15, -0.1) is 0 Å². The van der Waals surface area contributed by atoms with Crippen LogP contribution in [-0.4, -0.2) is 32.8 Å². The summed E-state index contributed by atoms with van der Waals surface area (Å²) in [5, 5.41) is 6.47. The van der Waals surface area contributed by atoms with Gasteiger partial charge in [0.1, 0.15) is 45.4 Å². The van der Waals surface area contributed by atoms with Crippen LogP contribution >= 0.6 is 11.6 Å². The number of benzene rings is 3. The molecule has 214 valence electrons. The lowest BCUT2D eigenvalue weighted by atomic mass is 10.1. The third-order valence-electron chi connectivity index (χ3n) is 5.90. The molecule has 0 unspecified atom stereocenters. The van der Waals surface area contributed by atoms with Crippen molar-refractivity contribution in [3.8, 4) is 17.1 Å². The molecule has 0 fully saturated rings. The zero-order chi connectivity index (χ0) is 29.4. The Balaban J connectivity index is 1.50. The minimum atomic E-state index is -3.03. The van der Waals surface area contributed by atoms with Crippen molar-refractivity contribution in [2.24, 2.45) is 10.7 Å². The fraction of sp³-hybridized carbons (Fsp3) is 0.167. The number of nitrogens with zero attached hydrogens (tertiary/aromatic N) is 1. The molecule has 41 heavy (non-hydrogen) atoms. The van der Waals surface area contributed by atoms with Crippen LogP contribution in [0.1, 0.15) is 16.9 Å². The number of amidine groups is 1. The summed E-state index contributed by atoms with van der Waals surface area (Å²) in [4.78, 5) is 4.55. The molecule has 4 rings (SSSR count). The number of hydrogen-bond acceptors (Lipinski definition) is 7. The average molecular weight is 597 g/mol. The number of ether oxygens (including phenoxy) is 1. The minimum Gasteiger partial charge on any atom is -0.487 e. The number of sulfone groups is 1. The molecule has 1 heterocycles. The highest BCUT2D eigenvalue weighted by Crippen LogP contribution is 2.31. The first-order valence-corrected chi connectivity index (χ1v) is 15.1.